The smallest absolute Gasteiger partial charge is 0.307 e. The Bertz CT molecular complexity index is 302. The van der Waals surface area contributed by atoms with Crippen LogP contribution in [0.3, 0.4) is 0 Å². The summed E-state index contributed by atoms with van der Waals surface area (Å²) in [4.78, 5) is 16.6. The van der Waals surface area contributed by atoms with Gasteiger partial charge in [0.25, 0.3) is 0 Å². The van der Waals surface area contributed by atoms with Crippen molar-refractivity contribution in [1.29, 1.82) is 5.26 Å². The highest BCUT2D eigenvalue weighted by Crippen LogP contribution is 2.06. The summed E-state index contributed by atoms with van der Waals surface area (Å²) >= 11 is 1.36. The Morgan fingerprint density at radius 3 is 2.65 bits per heavy atom. The molecule has 0 bridgehead atoms. The van der Waals surface area contributed by atoms with E-state index in [9.17, 15) is 4.79 Å². The molecule has 0 spiro atoms. The molecule has 0 aliphatic carbocycles. The van der Waals surface area contributed by atoms with E-state index in [4.69, 9.17) is 10.00 Å². The molecule has 0 saturated carbocycles. The molecule has 0 aliphatic heterocycles. The molecule has 17 heavy (non-hydrogen) atoms. The quantitative estimate of drug-likeness (QED) is 0.302. The first-order valence-electron chi connectivity index (χ1n) is 5.01. The molecule has 0 fully saturated rings. The lowest BCUT2D eigenvalue weighted by atomic mass is 10.4. The Kier molecular flexibility index (Phi) is 9.19. The maximum atomic E-state index is 11.1. The van der Waals surface area contributed by atoms with E-state index in [1.807, 2.05) is 11.2 Å². The molecule has 0 radical (unpaired) electrons. The standard InChI is InChI=1S/C10H17N3O3S/c1-15-7-6-13(5-4-9(14)16-2)10(17-3)12-8-11/h4-7H2,1-3H3. The fourth-order valence-electron chi connectivity index (χ4n) is 1.12. The lowest BCUT2D eigenvalue weighted by Crippen LogP contribution is -2.34. The molecular weight excluding hydrogens is 242 g/mol. The molecule has 7 heteroatoms. The Morgan fingerprint density at radius 2 is 2.18 bits per heavy atom. The minimum Gasteiger partial charge on any atom is -0.469 e. The van der Waals surface area contributed by atoms with E-state index in [0.29, 0.717) is 24.9 Å². The SMILES string of the molecule is COCCN(CCC(=O)OC)C(=NC#N)SC. The molecule has 0 aromatic rings. The van der Waals surface area contributed by atoms with Crippen LogP contribution in [-0.2, 0) is 14.3 Å². The van der Waals surface area contributed by atoms with E-state index in [-0.39, 0.29) is 12.4 Å². The van der Waals surface area contributed by atoms with Crippen molar-refractivity contribution >= 4 is 22.9 Å². The van der Waals surface area contributed by atoms with Crippen LogP contribution in [0.4, 0.5) is 0 Å². The van der Waals surface area contributed by atoms with Crippen molar-refractivity contribution in [2.24, 2.45) is 4.99 Å². The van der Waals surface area contributed by atoms with E-state index in [0.717, 1.165) is 0 Å². The normalized spacial score (nSPS) is 10.8. The van der Waals surface area contributed by atoms with Gasteiger partial charge in [-0.3, -0.25) is 4.79 Å². The highest BCUT2D eigenvalue weighted by atomic mass is 32.2. The number of nitriles is 1. The second-order valence-electron chi connectivity index (χ2n) is 3.00. The number of carbonyl (C=O) groups is 1. The zero-order valence-electron chi connectivity index (χ0n) is 10.3. The first kappa shape index (κ1) is 15.7. The third-order valence-electron chi connectivity index (χ3n) is 1.98. The minimum atomic E-state index is -0.287. The summed E-state index contributed by atoms with van der Waals surface area (Å²) in [6, 6.07) is 0. The predicted molar refractivity (Wildman–Crippen MR) is 66.6 cm³/mol. The lowest BCUT2D eigenvalue weighted by molar-refractivity contribution is -0.140. The van der Waals surface area contributed by atoms with Gasteiger partial charge in [-0.25, -0.2) is 0 Å². The van der Waals surface area contributed by atoms with Gasteiger partial charge in [0.1, 0.15) is 0 Å². The zero-order valence-corrected chi connectivity index (χ0v) is 11.1. The third-order valence-corrected chi connectivity index (χ3v) is 2.69. The van der Waals surface area contributed by atoms with Crippen LogP contribution in [0.15, 0.2) is 4.99 Å². The lowest BCUT2D eigenvalue weighted by Gasteiger charge is -2.23. The van der Waals surface area contributed by atoms with E-state index < -0.39 is 0 Å². The molecule has 0 aromatic heterocycles. The molecule has 0 heterocycles. The van der Waals surface area contributed by atoms with E-state index >= 15 is 0 Å². The van der Waals surface area contributed by atoms with Gasteiger partial charge in [-0.15, -0.1) is 4.99 Å². The van der Waals surface area contributed by atoms with E-state index in [1.54, 1.807) is 13.3 Å². The van der Waals surface area contributed by atoms with Gasteiger partial charge in [-0.1, -0.05) is 11.8 Å². The minimum absolute atomic E-state index is 0.255. The predicted octanol–water partition coefficient (Wildman–Crippen LogP) is 0.698. The number of thioether (sulfide) groups is 1. The summed E-state index contributed by atoms with van der Waals surface area (Å²) in [5.41, 5.74) is 0. The van der Waals surface area contributed by atoms with Crippen molar-refractivity contribution < 1.29 is 14.3 Å². The fourth-order valence-corrected chi connectivity index (χ4v) is 1.69. The topological polar surface area (TPSA) is 74.9 Å². The third kappa shape index (κ3) is 6.81. The summed E-state index contributed by atoms with van der Waals surface area (Å²) in [6.07, 6.45) is 3.83. The average molecular weight is 259 g/mol. The molecule has 0 unspecified atom stereocenters. The van der Waals surface area contributed by atoms with Crippen LogP contribution in [-0.4, -0.2) is 56.2 Å². The van der Waals surface area contributed by atoms with Crippen LogP contribution in [0.5, 0.6) is 0 Å². The molecule has 96 valence electrons. The van der Waals surface area contributed by atoms with Gasteiger partial charge in [-0.2, -0.15) is 5.26 Å². The zero-order chi connectivity index (χ0) is 13.1. The number of esters is 1. The van der Waals surface area contributed by atoms with Crippen LogP contribution in [0.25, 0.3) is 0 Å². The first-order valence-corrected chi connectivity index (χ1v) is 6.23. The Balaban J connectivity index is 4.46. The van der Waals surface area contributed by atoms with Gasteiger partial charge >= 0.3 is 5.97 Å². The molecule has 6 nitrogen and oxygen atoms in total. The van der Waals surface area contributed by atoms with Crippen molar-refractivity contribution in [3.63, 3.8) is 0 Å². The van der Waals surface area contributed by atoms with Crippen LogP contribution in [0.1, 0.15) is 6.42 Å². The van der Waals surface area contributed by atoms with Crippen molar-refractivity contribution in [2.75, 3.05) is 40.2 Å². The fraction of sp³-hybridized carbons (Fsp3) is 0.700. The first-order chi connectivity index (χ1) is 8.19. The van der Waals surface area contributed by atoms with Crippen molar-refractivity contribution in [1.82, 2.24) is 4.90 Å². The Labute approximate surface area is 106 Å². The highest BCUT2D eigenvalue weighted by Gasteiger charge is 2.12. The largest absolute Gasteiger partial charge is 0.469 e. The van der Waals surface area contributed by atoms with Crippen molar-refractivity contribution in [3.05, 3.63) is 0 Å². The van der Waals surface area contributed by atoms with Gasteiger partial charge in [-0.05, 0) is 6.26 Å². The molecule has 0 aliphatic rings. The number of aliphatic imine (C=N–C) groups is 1. The number of hydrogen-bond donors (Lipinski definition) is 0. The van der Waals surface area contributed by atoms with Gasteiger partial charge < -0.3 is 14.4 Å². The number of hydrogen-bond acceptors (Lipinski definition) is 6. The molecule has 0 N–H and O–H groups in total. The van der Waals surface area contributed by atoms with Crippen molar-refractivity contribution in [3.8, 4) is 6.19 Å². The molecule has 0 atom stereocenters. The summed E-state index contributed by atoms with van der Waals surface area (Å²) in [5.74, 6) is -0.287. The maximum absolute atomic E-state index is 11.1. The Hall–Kier alpha value is -1.26. The molecule has 0 saturated heterocycles. The van der Waals surface area contributed by atoms with Crippen molar-refractivity contribution in [2.45, 2.75) is 6.42 Å². The summed E-state index contributed by atoms with van der Waals surface area (Å²) in [5, 5.41) is 9.14. The van der Waals surface area contributed by atoms with Gasteiger partial charge in [0.2, 0.25) is 6.19 Å². The average Bonchev–Trinajstić information content (AvgIpc) is 2.36. The monoisotopic (exact) mass is 259 g/mol. The van der Waals surface area contributed by atoms with Gasteiger partial charge in [0.05, 0.1) is 20.1 Å². The number of carbonyl (C=O) groups excluding carboxylic acids is 1. The molecular formula is C10H17N3O3S. The molecule has 0 aromatic carbocycles. The number of nitrogens with zero attached hydrogens (tertiary/aromatic N) is 3. The molecule has 0 amide bonds. The number of methoxy groups -OCH3 is 2. The summed E-state index contributed by atoms with van der Waals surface area (Å²) < 4.78 is 9.54. The van der Waals surface area contributed by atoms with Crippen LogP contribution in [0, 0.1) is 11.5 Å². The van der Waals surface area contributed by atoms with Crippen LogP contribution >= 0.6 is 11.8 Å². The second kappa shape index (κ2) is 9.93. The van der Waals surface area contributed by atoms with E-state index in [2.05, 4.69) is 9.73 Å². The molecule has 0 rings (SSSR count). The Morgan fingerprint density at radius 1 is 1.47 bits per heavy atom. The number of rotatable bonds is 6. The van der Waals surface area contributed by atoms with Crippen LogP contribution in [0.2, 0.25) is 0 Å². The van der Waals surface area contributed by atoms with E-state index in [1.165, 1.54) is 18.9 Å². The van der Waals surface area contributed by atoms with Gasteiger partial charge in [0.15, 0.2) is 5.17 Å². The summed E-state index contributed by atoms with van der Waals surface area (Å²) in [7, 11) is 2.94. The number of amidine groups is 1. The highest BCUT2D eigenvalue weighted by molar-refractivity contribution is 8.13. The second-order valence-corrected chi connectivity index (χ2v) is 3.78. The van der Waals surface area contributed by atoms with Gasteiger partial charge in [0, 0.05) is 20.2 Å². The summed E-state index contributed by atoms with van der Waals surface area (Å²) in [6.45, 7) is 1.54. The maximum Gasteiger partial charge on any atom is 0.307 e. The van der Waals surface area contributed by atoms with Crippen LogP contribution < -0.4 is 0 Å². The number of ether oxygens (including phenoxy) is 2.